The molecule has 0 bridgehead atoms. The standard InChI is InChI=1S/C16H17FN2O/c1-10-6-5-8-13(15(10)18)16(20)19-11(2)12-7-3-4-9-14(12)17/h3-9,11H,18H2,1-2H3,(H,19,20). The lowest BCUT2D eigenvalue weighted by molar-refractivity contribution is 0.0940. The Morgan fingerprint density at radius 2 is 1.90 bits per heavy atom. The summed E-state index contributed by atoms with van der Waals surface area (Å²) in [7, 11) is 0. The number of hydrogen-bond donors (Lipinski definition) is 2. The van der Waals surface area contributed by atoms with Crippen LogP contribution < -0.4 is 11.1 Å². The molecule has 2 rings (SSSR count). The predicted molar refractivity (Wildman–Crippen MR) is 77.9 cm³/mol. The van der Waals surface area contributed by atoms with Crippen molar-refractivity contribution in [3.05, 3.63) is 65.0 Å². The maximum absolute atomic E-state index is 13.7. The number of hydrogen-bond acceptors (Lipinski definition) is 2. The van der Waals surface area contributed by atoms with Gasteiger partial charge < -0.3 is 11.1 Å². The largest absolute Gasteiger partial charge is 0.398 e. The lowest BCUT2D eigenvalue weighted by atomic mass is 10.1. The number of amides is 1. The van der Waals surface area contributed by atoms with Gasteiger partial charge in [-0.05, 0) is 31.5 Å². The van der Waals surface area contributed by atoms with Gasteiger partial charge in [0.1, 0.15) is 5.82 Å². The second-order valence-electron chi connectivity index (χ2n) is 4.75. The molecular formula is C16H17FN2O. The fourth-order valence-corrected chi connectivity index (χ4v) is 2.06. The third kappa shape index (κ3) is 2.79. The molecule has 0 heterocycles. The van der Waals surface area contributed by atoms with E-state index >= 15 is 0 Å². The number of rotatable bonds is 3. The maximum atomic E-state index is 13.7. The summed E-state index contributed by atoms with van der Waals surface area (Å²) in [5.74, 6) is -0.639. The molecule has 1 unspecified atom stereocenters. The summed E-state index contributed by atoms with van der Waals surface area (Å²) in [6.45, 7) is 3.58. The van der Waals surface area contributed by atoms with Crippen LogP contribution in [0.25, 0.3) is 0 Å². The molecule has 0 aromatic heterocycles. The molecule has 0 aliphatic carbocycles. The smallest absolute Gasteiger partial charge is 0.253 e. The molecule has 20 heavy (non-hydrogen) atoms. The Hall–Kier alpha value is -2.36. The molecule has 1 amide bonds. The van der Waals surface area contributed by atoms with Crippen LogP contribution in [0.2, 0.25) is 0 Å². The highest BCUT2D eigenvalue weighted by Gasteiger charge is 2.16. The van der Waals surface area contributed by atoms with E-state index in [0.717, 1.165) is 5.56 Å². The number of nitrogen functional groups attached to an aromatic ring is 1. The Balaban J connectivity index is 2.20. The van der Waals surface area contributed by atoms with E-state index in [1.165, 1.54) is 6.07 Å². The molecule has 2 aromatic rings. The lowest BCUT2D eigenvalue weighted by Gasteiger charge is -2.16. The fourth-order valence-electron chi connectivity index (χ4n) is 2.06. The zero-order chi connectivity index (χ0) is 14.7. The van der Waals surface area contributed by atoms with Crippen molar-refractivity contribution in [3.8, 4) is 0 Å². The maximum Gasteiger partial charge on any atom is 0.253 e. The van der Waals surface area contributed by atoms with Gasteiger partial charge in [-0.2, -0.15) is 0 Å². The summed E-state index contributed by atoms with van der Waals surface area (Å²) in [6, 6.07) is 11.2. The van der Waals surface area contributed by atoms with Gasteiger partial charge in [0.05, 0.1) is 11.6 Å². The van der Waals surface area contributed by atoms with Gasteiger partial charge in [0.25, 0.3) is 5.91 Å². The predicted octanol–water partition coefficient (Wildman–Crippen LogP) is 3.21. The zero-order valence-corrected chi connectivity index (χ0v) is 11.5. The molecule has 0 fully saturated rings. The van der Waals surface area contributed by atoms with Gasteiger partial charge in [-0.15, -0.1) is 0 Å². The minimum absolute atomic E-state index is 0.304. The molecule has 0 radical (unpaired) electrons. The Labute approximate surface area is 117 Å². The van der Waals surface area contributed by atoms with Crippen LogP contribution in [0.3, 0.4) is 0 Å². The first-order valence-electron chi connectivity index (χ1n) is 6.41. The van der Waals surface area contributed by atoms with Crippen LogP contribution >= 0.6 is 0 Å². The lowest BCUT2D eigenvalue weighted by Crippen LogP contribution is -2.28. The van der Waals surface area contributed by atoms with E-state index in [1.54, 1.807) is 37.3 Å². The highest BCUT2D eigenvalue weighted by Crippen LogP contribution is 2.20. The summed E-state index contributed by atoms with van der Waals surface area (Å²) < 4.78 is 13.7. The fraction of sp³-hybridized carbons (Fsp3) is 0.188. The second-order valence-corrected chi connectivity index (χ2v) is 4.75. The number of nitrogens with two attached hydrogens (primary N) is 1. The van der Waals surface area contributed by atoms with Crippen molar-refractivity contribution in [1.29, 1.82) is 0 Å². The Kier molecular flexibility index (Phi) is 4.03. The topological polar surface area (TPSA) is 55.1 Å². The van der Waals surface area contributed by atoms with Crippen LogP contribution in [0.1, 0.15) is 34.5 Å². The van der Waals surface area contributed by atoms with Crippen molar-refractivity contribution in [1.82, 2.24) is 5.32 Å². The second kappa shape index (κ2) is 5.74. The molecule has 2 aromatic carbocycles. The highest BCUT2D eigenvalue weighted by atomic mass is 19.1. The van der Waals surface area contributed by atoms with Crippen molar-refractivity contribution in [2.75, 3.05) is 5.73 Å². The van der Waals surface area contributed by atoms with Crippen LogP contribution in [0, 0.1) is 12.7 Å². The average Bonchev–Trinajstić information content (AvgIpc) is 2.42. The summed E-state index contributed by atoms with van der Waals surface area (Å²) in [5.41, 5.74) is 8.05. The summed E-state index contributed by atoms with van der Waals surface area (Å²) in [6.07, 6.45) is 0. The van der Waals surface area contributed by atoms with Crippen molar-refractivity contribution in [2.24, 2.45) is 0 Å². The number of carbonyl (C=O) groups is 1. The first-order chi connectivity index (χ1) is 9.50. The normalized spacial score (nSPS) is 11.9. The molecule has 0 saturated heterocycles. The molecule has 4 heteroatoms. The van der Waals surface area contributed by atoms with E-state index in [1.807, 2.05) is 13.0 Å². The quantitative estimate of drug-likeness (QED) is 0.843. The van der Waals surface area contributed by atoms with Crippen molar-refractivity contribution < 1.29 is 9.18 Å². The monoisotopic (exact) mass is 272 g/mol. The molecule has 3 nitrogen and oxygen atoms in total. The van der Waals surface area contributed by atoms with Crippen molar-refractivity contribution in [2.45, 2.75) is 19.9 Å². The number of nitrogens with one attached hydrogen (secondary N) is 1. The molecule has 0 spiro atoms. The Morgan fingerprint density at radius 1 is 1.20 bits per heavy atom. The van der Waals surface area contributed by atoms with E-state index in [9.17, 15) is 9.18 Å². The van der Waals surface area contributed by atoms with Crippen molar-refractivity contribution in [3.63, 3.8) is 0 Å². The summed E-state index contributed by atoms with van der Waals surface area (Å²) in [4.78, 5) is 12.2. The minimum atomic E-state index is -0.427. The summed E-state index contributed by atoms with van der Waals surface area (Å²) in [5, 5.41) is 2.76. The number of halogens is 1. The number of aryl methyl sites for hydroxylation is 1. The first kappa shape index (κ1) is 14.1. The van der Waals surface area contributed by atoms with E-state index in [0.29, 0.717) is 16.8 Å². The SMILES string of the molecule is Cc1cccc(C(=O)NC(C)c2ccccc2F)c1N. The van der Waals surface area contributed by atoms with E-state index in [4.69, 9.17) is 5.73 Å². The third-order valence-electron chi connectivity index (χ3n) is 3.29. The molecule has 104 valence electrons. The van der Waals surface area contributed by atoms with Gasteiger partial charge in [-0.25, -0.2) is 4.39 Å². The minimum Gasteiger partial charge on any atom is -0.398 e. The van der Waals surface area contributed by atoms with Crippen LogP contribution in [-0.2, 0) is 0 Å². The van der Waals surface area contributed by atoms with Gasteiger partial charge in [-0.1, -0.05) is 30.3 Å². The Morgan fingerprint density at radius 3 is 2.60 bits per heavy atom. The zero-order valence-electron chi connectivity index (χ0n) is 11.5. The van der Waals surface area contributed by atoms with Gasteiger partial charge in [-0.3, -0.25) is 4.79 Å². The van der Waals surface area contributed by atoms with Crippen LogP contribution in [-0.4, -0.2) is 5.91 Å². The number of para-hydroxylation sites is 1. The van der Waals surface area contributed by atoms with Gasteiger partial charge in [0.2, 0.25) is 0 Å². The highest BCUT2D eigenvalue weighted by molar-refractivity contribution is 5.99. The third-order valence-corrected chi connectivity index (χ3v) is 3.29. The number of anilines is 1. The average molecular weight is 272 g/mol. The number of benzene rings is 2. The van der Waals surface area contributed by atoms with Gasteiger partial charge >= 0.3 is 0 Å². The molecule has 0 saturated carbocycles. The van der Waals surface area contributed by atoms with Crippen LogP contribution in [0.4, 0.5) is 10.1 Å². The van der Waals surface area contributed by atoms with E-state index < -0.39 is 6.04 Å². The molecule has 0 aliphatic heterocycles. The Bertz CT molecular complexity index is 640. The first-order valence-corrected chi connectivity index (χ1v) is 6.41. The van der Waals surface area contributed by atoms with E-state index in [2.05, 4.69) is 5.32 Å². The van der Waals surface area contributed by atoms with Crippen LogP contribution in [0.15, 0.2) is 42.5 Å². The molecule has 0 aliphatic rings. The molecule has 3 N–H and O–H groups in total. The van der Waals surface area contributed by atoms with Crippen LogP contribution in [0.5, 0.6) is 0 Å². The van der Waals surface area contributed by atoms with Crippen molar-refractivity contribution >= 4 is 11.6 Å². The number of carbonyl (C=O) groups excluding carboxylic acids is 1. The summed E-state index contributed by atoms with van der Waals surface area (Å²) >= 11 is 0. The van der Waals surface area contributed by atoms with E-state index in [-0.39, 0.29) is 11.7 Å². The molecular weight excluding hydrogens is 255 g/mol. The van der Waals surface area contributed by atoms with Gasteiger partial charge in [0, 0.05) is 11.3 Å². The molecule has 1 atom stereocenters. The van der Waals surface area contributed by atoms with Gasteiger partial charge in [0.15, 0.2) is 0 Å².